The molecule has 0 saturated heterocycles. The third-order valence-corrected chi connectivity index (χ3v) is 0. The second-order valence-corrected chi connectivity index (χ2v) is 0. The SMILES string of the molecule is C.C.CO.[CH3-].[CH3-].[CH3-].[Ti+3]. The van der Waals surface area contributed by atoms with Crippen LogP contribution < -0.4 is 0 Å². The van der Waals surface area contributed by atoms with Crippen molar-refractivity contribution < 1.29 is 26.8 Å². The summed E-state index contributed by atoms with van der Waals surface area (Å²) in [5, 5.41) is 7.00. The summed E-state index contributed by atoms with van der Waals surface area (Å²) in [6.07, 6.45) is 0. The molecule has 0 aromatic rings. The summed E-state index contributed by atoms with van der Waals surface area (Å²) in [7, 11) is 1.00. The van der Waals surface area contributed by atoms with Crippen LogP contribution >= 0.6 is 0 Å². The Balaban J connectivity index is -0.000000000333. The van der Waals surface area contributed by atoms with Crippen LogP contribution in [0.4, 0.5) is 0 Å². The number of aliphatic hydroxyl groups excluding tert-OH is 1. The van der Waals surface area contributed by atoms with Gasteiger partial charge in [-0.15, -0.1) is 0 Å². The van der Waals surface area contributed by atoms with Crippen LogP contribution in [-0.4, -0.2) is 12.2 Å². The average molecular weight is 157 g/mol. The molecule has 1 N–H and O–H groups in total. The Morgan fingerprint density at radius 3 is 0.750 bits per heavy atom. The molecule has 0 amide bonds. The van der Waals surface area contributed by atoms with Gasteiger partial charge in [-0.2, -0.15) is 0 Å². The van der Waals surface area contributed by atoms with Crippen LogP contribution in [-0.2, 0) is 21.7 Å². The van der Waals surface area contributed by atoms with Gasteiger partial charge < -0.3 is 27.4 Å². The van der Waals surface area contributed by atoms with E-state index in [1.165, 1.54) is 0 Å². The predicted octanol–water partition coefficient (Wildman–Crippen LogP) is 2.23. The molecule has 55 valence electrons. The Hall–Kier alpha value is 0.674. The van der Waals surface area contributed by atoms with E-state index in [4.69, 9.17) is 5.11 Å². The van der Waals surface area contributed by atoms with Crippen molar-refractivity contribution in [1.82, 2.24) is 0 Å². The maximum atomic E-state index is 7.00. The molecule has 1 radical (unpaired) electrons. The van der Waals surface area contributed by atoms with Crippen molar-refractivity contribution in [3.63, 3.8) is 0 Å². The number of aliphatic hydroxyl groups is 1. The Morgan fingerprint density at radius 2 is 0.750 bits per heavy atom. The van der Waals surface area contributed by atoms with Crippen molar-refractivity contribution in [3.05, 3.63) is 22.3 Å². The van der Waals surface area contributed by atoms with Gasteiger partial charge in [0.05, 0.1) is 0 Å². The van der Waals surface area contributed by atoms with Crippen molar-refractivity contribution in [3.8, 4) is 0 Å². The molecule has 0 aliphatic rings. The van der Waals surface area contributed by atoms with Gasteiger partial charge in [0.2, 0.25) is 0 Å². The molecule has 0 atom stereocenters. The zero-order chi connectivity index (χ0) is 2.00. The van der Waals surface area contributed by atoms with Gasteiger partial charge in [-0.1, -0.05) is 14.9 Å². The van der Waals surface area contributed by atoms with E-state index in [-0.39, 0.29) is 58.9 Å². The van der Waals surface area contributed by atoms with Crippen LogP contribution in [0, 0.1) is 22.3 Å². The number of hydrogen-bond acceptors (Lipinski definition) is 1. The number of rotatable bonds is 0. The first-order chi connectivity index (χ1) is 1.00. The maximum Gasteiger partial charge on any atom is 3.00 e. The van der Waals surface area contributed by atoms with Crippen molar-refractivity contribution in [1.29, 1.82) is 0 Å². The minimum absolute atomic E-state index is 0. The summed E-state index contributed by atoms with van der Waals surface area (Å²) in [6.45, 7) is 0. The maximum absolute atomic E-state index is 7.00. The van der Waals surface area contributed by atoms with E-state index < -0.39 is 0 Å². The zero-order valence-electron chi connectivity index (χ0n) is 4.95. The fourth-order valence-corrected chi connectivity index (χ4v) is 0. The summed E-state index contributed by atoms with van der Waals surface area (Å²) in [4.78, 5) is 0. The summed E-state index contributed by atoms with van der Waals surface area (Å²) in [5.74, 6) is 0. The van der Waals surface area contributed by atoms with Crippen molar-refractivity contribution in [2.45, 2.75) is 14.9 Å². The third kappa shape index (κ3) is 473. The summed E-state index contributed by atoms with van der Waals surface area (Å²) in [6, 6.07) is 0. The summed E-state index contributed by atoms with van der Waals surface area (Å²) >= 11 is 0. The Labute approximate surface area is 71.4 Å². The quantitative estimate of drug-likeness (QED) is 0.422. The van der Waals surface area contributed by atoms with E-state index in [1.807, 2.05) is 0 Å². The van der Waals surface area contributed by atoms with Crippen molar-refractivity contribution in [2.75, 3.05) is 7.11 Å². The van der Waals surface area contributed by atoms with Crippen LogP contribution in [0.2, 0.25) is 0 Å². The molecule has 0 rings (SSSR count). The fraction of sp³-hybridized carbons (Fsp3) is 0.500. The zero-order valence-corrected chi connectivity index (χ0v) is 6.51. The Bertz CT molecular complexity index is 8.49. The first kappa shape index (κ1) is 182. The smallest absolute Gasteiger partial charge is 0.400 e. The molecule has 0 spiro atoms. The molecule has 0 fully saturated rings. The molecule has 0 aromatic heterocycles. The molecule has 1 nitrogen and oxygen atoms in total. The van der Waals surface area contributed by atoms with Crippen molar-refractivity contribution in [2.24, 2.45) is 0 Å². The number of hydrogen-bond donors (Lipinski definition) is 1. The summed E-state index contributed by atoms with van der Waals surface area (Å²) in [5.41, 5.74) is 0. The van der Waals surface area contributed by atoms with Crippen LogP contribution in [0.15, 0.2) is 0 Å². The van der Waals surface area contributed by atoms with Crippen LogP contribution in [0.5, 0.6) is 0 Å². The Kier molecular flexibility index (Phi) is 17100. The molecule has 2 heteroatoms. The van der Waals surface area contributed by atoms with Gasteiger partial charge in [0.25, 0.3) is 0 Å². The standard InChI is InChI=1S/CH4O.2CH4.3CH3.Ti/c1-2;;;;;;/h2H,1H3;2*1H4;3*1H3;/q;;;3*-1;+3. The molecule has 0 aliphatic heterocycles. The van der Waals surface area contributed by atoms with Crippen LogP contribution in [0.3, 0.4) is 0 Å². The molecule has 0 bridgehead atoms. The largest absolute Gasteiger partial charge is 3.00 e. The fourth-order valence-electron chi connectivity index (χ4n) is 0. The summed E-state index contributed by atoms with van der Waals surface area (Å²) < 4.78 is 0. The molecule has 0 aromatic carbocycles. The monoisotopic (exact) mass is 157 g/mol. The second-order valence-electron chi connectivity index (χ2n) is 0. The molecule has 0 heterocycles. The van der Waals surface area contributed by atoms with Gasteiger partial charge in [-0.05, 0) is 0 Å². The van der Waals surface area contributed by atoms with E-state index in [9.17, 15) is 0 Å². The third-order valence-electron chi connectivity index (χ3n) is 0. The molecular weight excluding hydrogens is 136 g/mol. The Morgan fingerprint density at radius 1 is 0.750 bits per heavy atom. The molecule has 0 aliphatic carbocycles. The van der Waals surface area contributed by atoms with Gasteiger partial charge in [0.15, 0.2) is 0 Å². The second kappa shape index (κ2) is 752. The molecule has 8 heavy (non-hydrogen) atoms. The predicted molar refractivity (Wildman–Crippen MR) is 40.8 cm³/mol. The van der Waals surface area contributed by atoms with Gasteiger partial charge in [0.1, 0.15) is 0 Å². The van der Waals surface area contributed by atoms with Crippen LogP contribution in [0.25, 0.3) is 0 Å². The van der Waals surface area contributed by atoms with E-state index >= 15 is 0 Å². The van der Waals surface area contributed by atoms with E-state index in [0.717, 1.165) is 7.11 Å². The van der Waals surface area contributed by atoms with Crippen LogP contribution in [0.1, 0.15) is 14.9 Å². The minimum Gasteiger partial charge on any atom is -0.400 e. The van der Waals surface area contributed by atoms with Crippen molar-refractivity contribution >= 4 is 0 Å². The molecular formula is C6H21OTi. The molecule has 0 saturated carbocycles. The first-order valence-electron chi connectivity index (χ1n) is 0.447. The first-order valence-corrected chi connectivity index (χ1v) is 0.447. The molecule has 0 unspecified atom stereocenters. The van der Waals surface area contributed by atoms with E-state index in [1.54, 1.807) is 0 Å². The average Bonchev–Trinajstić information content (AvgIpc) is 1.00. The normalized spacial score (nSPS) is 0.750. The van der Waals surface area contributed by atoms with Gasteiger partial charge in [-0.3, -0.25) is 0 Å². The topological polar surface area (TPSA) is 20.2 Å². The van der Waals surface area contributed by atoms with E-state index in [0.29, 0.717) is 0 Å². The van der Waals surface area contributed by atoms with E-state index in [2.05, 4.69) is 0 Å². The van der Waals surface area contributed by atoms with Gasteiger partial charge in [0, 0.05) is 7.11 Å². The van der Waals surface area contributed by atoms with Gasteiger partial charge in [-0.25, -0.2) is 0 Å². The van der Waals surface area contributed by atoms with Gasteiger partial charge >= 0.3 is 21.7 Å². The minimum atomic E-state index is 0.